The van der Waals surface area contributed by atoms with Crippen LogP contribution in [0.4, 0.5) is 0 Å². The number of thiazole rings is 1. The highest BCUT2D eigenvalue weighted by atomic mass is 32.1. The van der Waals surface area contributed by atoms with E-state index in [4.69, 9.17) is 0 Å². The van der Waals surface area contributed by atoms with E-state index in [1.807, 2.05) is 36.4 Å². The van der Waals surface area contributed by atoms with E-state index in [2.05, 4.69) is 21.4 Å². The first-order valence-corrected chi connectivity index (χ1v) is 9.80. The minimum atomic E-state index is -0.295. The Hall–Kier alpha value is -2.80. The molecule has 138 valence electrons. The van der Waals surface area contributed by atoms with Crippen LogP contribution in [0.3, 0.4) is 0 Å². The molecule has 0 radical (unpaired) electrons. The molecule has 0 spiro atoms. The molecule has 2 amide bonds. The van der Waals surface area contributed by atoms with Crippen molar-refractivity contribution in [3.8, 4) is 0 Å². The molecule has 3 aromatic rings. The number of aromatic nitrogens is 2. The molecule has 1 aromatic carbocycles. The van der Waals surface area contributed by atoms with Gasteiger partial charge in [0.2, 0.25) is 11.8 Å². The van der Waals surface area contributed by atoms with Crippen LogP contribution in [-0.2, 0) is 22.6 Å². The quantitative estimate of drug-likeness (QED) is 0.713. The summed E-state index contributed by atoms with van der Waals surface area (Å²) in [6.07, 6.45) is 2.67. The molecule has 0 saturated carbocycles. The van der Waals surface area contributed by atoms with Crippen LogP contribution in [0.1, 0.15) is 17.1 Å². The summed E-state index contributed by atoms with van der Waals surface area (Å²) < 4.78 is 1.16. The molecule has 4 rings (SSSR count). The molecule has 0 aliphatic carbocycles. The molecule has 7 heteroatoms. The van der Waals surface area contributed by atoms with Crippen molar-refractivity contribution >= 4 is 33.4 Å². The summed E-state index contributed by atoms with van der Waals surface area (Å²) in [7, 11) is 0. The number of hydrogen-bond acceptors (Lipinski definition) is 5. The Kier molecular flexibility index (Phi) is 5.11. The Morgan fingerprint density at radius 1 is 1.22 bits per heavy atom. The number of benzene rings is 1. The van der Waals surface area contributed by atoms with Crippen molar-refractivity contribution in [2.75, 3.05) is 13.1 Å². The molecule has 0 unspecified atom stereocenters. The van der Waals surface area contributed by atoms with Gasteiger partial charge in [0.05, 0.1) is 33.4 Å². The van der Waals surface area contributed by atoms with Crippen molar-refractivity contribution in [2.24, 2.45) is 5.92 Å². The maximum Gasteiger partial charge on any atom is 0.225 e. The number of pyridine rings is 1. The first-order chi connectivity index (χ1) is 13.2. The summed E-state index contributed by atoms with van der Waals surface area (Å²) in [4.78, 5) is 35.2. The number of nitrogens with one attached hydrogen (secondary N) is 1. The first-order valence-electron chi connectivity index (χ1n) is 8.99. The second-order valence-electron chi connectivity index (χ2n) is 6.61. The second-order valence-corrected chi connectivity index (χ2v) is 7.73. The van der Waals surface area contributed by atoms with Gasteiger partial charge in [0.25, 0.3) is 0 Å². The van der Waals surface area contributed by atoms with Gasteiger partial charge >= 0.3 is 0 Å². The number of likely N-dealkylation sites (tertiary alicyclic amines) is 1. The lowest BCUT2D eigenvalue weighted by Gasteiger charge is -2.16. The molecule has 1 aliphatic heterocycles. The molecular weight excluding hydrogens is 360 g/mol. The number of amides is 2. The lowest BCUT2D eigenvalue weighted by Crippen LogP contribution is -2.34. The van der Waals surface area contributed by atoms with Crippen LogP contribution in [0.25, 0.3) is 10.2 Å². The molecular formula is C20H20N4O2S. The smallest absolute Gasteiger partial charge is 0.225 e. The van der Waals surface area contributed by atoms with Gasteiger partial charge < -0.3 is 10.2 Å². The number of carbonyl (C=O) groups excluding carboxylic acids is 2. The molecule has 3 heterocycles. The third-order valence-corrected chi connectivity index (χ3v) is 5.74. The molecule has 1 fully saturated rings. The molecule has 1 saturated heterocycles. The lowest BCUT2D eigenvalue weighted by molar-refractivity contribution is -0.129. The zero-order valence-electron chi connectivity index (χ0n) is 14.8. The zero-order chi connectivity index (χ0) is 18.6. The van der Waals surface area contributed by atoms with Crippen LogP contribution in [0, 0.1) is 5.92 Å². The largest absolute Gasteiger partial charge is 0.355 e. The number of carbonyl (C=O) groups is 2. The van der Waals surface area contributed by atoms with E-state index >= 15 is 0 Å². The summed E-state index contributed by atoms with van der Waals surface area (Å²) in [5.74, 6) is -0.350. The summed E-state index contributed by atoms with van der Waals surface area (Å²) in [5.41, 5.74) is 1.83. The van der Waals surface area contributed by atoms with Gasteiger partial charge in [0.1, 0.15) is 0 Å². The van der Waals surface area contributed by atoms with E-state index in [1.54, 1.807) is 22.4 Å². The predicted molar refractivity (Wildman–Crippen MR) is 104 cm³/mol. The Labute approximate surface area is 161 Å². The van der Waals surface area contributed by atoms with Crippen LogP contribution in [-0.4, -0.2) is 39.8 Å². The molecule has 27 heavy (non-hydrogen) atoms. The van der Waals surface area contributed by atoms with Crippen molar-refractivity contribution < 1.29 is 9.59 Å². The second kappa shape index (κ2) is 7.84. The van der Waals surface area contributed by atoms with Gasteiger partial charge in [-0.25, -0.2) is 4.98 Å². The highest BCUT2D eigenvalue weighted by Crippen LogP contribution is 2.22. The molecule has 2 aromatic heterocycles. The van der Waals surface area contributed by atoms with Crippen LogP contribution in [0.5, 0.6) is 0 Å². The average Bonchev–Trinajstić information content (AvgIpc) is 3.26. The van der Waals surface area contributed by atoms with E-state index in [0.29, 0.717) is 26.1 Å². The topological polar surface area (TPSA) is 75.2 Å². The fourth-order valence-corrected chi connectivity index (χ4v) is 4.22. The van der Waals surface area contributed by atoms with Crippen LogP contribution >= 0.6 is 11.3 Å². The highest BCUT2D eigenvalue weighted by Gasteiger charge is 2.34. The molecule has 1 aliphatic rings. The maximum atomic E-state index is 12.4. The van der Waals surface area contributed by atoms with Crippen LogP contribution < -0.4 is 5.32 Å². The Balaban J connectivity index is 1.27. The number of para-hydroxylation sites is 1. The van der Waals surface area contributed by atoms with Crippen molar-refractivity contribution in [3.05, 3.63) is 59.4 Å². The Morgan fingerprint density at radius 2 is 2.07 bits per heavy atom. The van der Waals surface area contributed by atoms with Gasteiger partial charge in [0, 0.05) is 32.1 Å². The fraction of sp³-hybridized carbons (Fsp3) is 0.300. The monoisotopic (exact) mass is 380 g/mol. The number of rotatable bonds is 6. The SMILES string of the molecule is O=C(NCCc1nc2ccccc2s1)[C@@H]1CC(=O)N(Cc2ccccn2)C1. The summed E-state index contributed by atoms with van der Waals surface area (Å²) in [6, 6.07) is 13.6. The maximum absolute atomic E-state index is 12.4. The van der Waals surface area contributed by atoms with E-state index < -0.39 is 0 Å². The first kappa shape index (κ1) is 17.6. The van der Waals surface area contributed by atoms with Crippen LogP contribution in [0.2, 0.25) is 0 Å². The van der Waals surface area contributed by atoms with E-state index in [1.165, 1.54) is 0 Å². The molecule has 0 bridgehead atoms. The van der Waals surface area contributed by atoms with Crippen molar-refractivity contribution in [3.63, 3.8) is 0 Å². The van der Waals surface area contributed by atoms with Gasteiger partial charge in [-0.3, -0.25) is 14.6 Å². The van der Waals surface area contributed by atoms with Gasteiger partial charge in [-0.1, -0.05) is 18.2 Å². The number of nitrogens with zero attached hydrogens (tertiary/aromatic N) is 3. The third-order valence-electron chi connectivity index (χ3n) is 4.64. The minimum Gasteiger partial charge on any atom is -0.355 e. The van der Waals surface area contributed by atoms with Crippen molar-refractivity contribution in [1.82, 2.24) is 20.2 Å². The van der Waals surface area contributed by atoms with Crippen molar-refractivity contribution in [1.29, 1.82) is 0 Å². The molecule has 1 atom stereocenters. The predicted octanol–water partition coefficient (Wildman–Crippen LogP) is 2.40. The summed E-state index contributed by atoms with van der Waals surface area (Å²) >= 11 is 1.65. The normalized spacial score (nSPS) is 16.8. The fourth-order valence-electron chi connectivity index (χ4n) is 3.25. The highest BCUT2D eigenvalue weighted by molar-refractivity contribution is 7.18. The van der Waals surface area contributed by atoms with E-state index in [-0.39, 0.29) is 24.2 Å². The average molecular weight is 380 g/mol. The number of fused-ring (bicyclic) bond motifs is 1. The third kappa shape index (κ3) is 4.14. The lowest BCUT2D eigenvalue weighted by atomic mass is 10.1. The molecule has 1 N–H and O–H groups in total. The minimum absolute atomic E-state index is 0.00646. The van der Waals surface area contributed by atoms with E-state index in [0.717, 1.165) is 20.9 Å². The molecule has 6 nitrogen and oxygen atoms in total. The van der Waals surface area contributed by atoms with Gasteiger partial charge in [-0.15, -0.1) is 11.3 Å². The summed E-state index contributed by atoms with van der Waals surface area (Å²) in [6.45, 7) is 1.43. The zero-order valence-corrected chi connectivity index (χ0v) is 15.6. The van der Waals surface area contributed by atoms with Gasteiger partial charge in [0.15, 0.2) is 0 Å². The summed E-state index contributed by atoms with van der Waals surface area (Å²) in [5, 5.41) is 3.97. The Bertz CT molecular complexity index is 924. The Morgan fingerprint density at radius 3 is 2.89 bits per heavy atom. The standard InChI is InChI=1S/C20H20N4O2S/c25-19-11-14(12-24(19)13-15-5-3-4-9-21-15)20(26)22-10-8-18-23-16-6-1-2-7-17(16)27-18/h1-7,9,14H,8,10-13H2,(H,22,26)/t14-/m1/s1. The van der Waals surface area contributed by atoms with Crippen LogP contribution in [0.15, 0.2) is 48.7 Å². The van der Waals surface area contributed by atoms with Gasteiger partial charge in [-0.2, -0.15) is 0 Å². The number of hydrogen-bond donors (Lipinski definition) is 1. The van der Waals surface area contributed by atoms with E-state index in [9.17, 15) is 9.59 Å². The van der Waals surface area contributed by atoms with Gasteiger partial charge in [-0.05, 0) is 24.3 Å². The van der Waals surface area contributed by atoms with Crippen molar-refractivity contribution in [2.45, 2.75) is 19.4 Å².